The quantitative estimate of drug-likeness (QED) is 0.684. The summed E-state index contributed by atoms with van der Waals surface area (Å²) >= 11 is 0. The first kappa shape index (κ1) is 9.52. The zero-order chi connectivity index (χ0) is 8.81. The van der Waals surface area contributed by atoms with E-state index < -0.39 is 0 Å². The van der Waals surface area contributed by atoms with Gasteiger partial charge in [-0.25, -0.2) is 0 Å². The van der Waals surface area contributed by atoms with Gasteiger partial charge in [0.15, 0.2) is 0 Å². The largest absolute Gasteiger partial charge is 0.355 e. The lowest BCUT2D eigenvalue weighted by Gasteiger charge is -2.26. The van der Waals surface area contributed by atoms with E-state index in [0.29, 0.717) is 0 Å². The summed E-state index contributed by atoms with van der Waals surface area (Å²) in [5.41, 5.74) is 0. The number of amides is 1. The van der Waals surface area contributed by atoms with Gasteiger partial charge >= 0.3 is 0 Å². The molecule has 0 saturated carbocycles. The Morgan fingerprint density at radius 2 is 2.08 bits per heavy atom. The van der Waals surface area contributed by atoms with Crippen molar-refractivity contribution >= 4 is 5.91 Å². The topological polar surface area (TPSA) is 32.3 Å². The van der Waals surface area contributed by atoms with E-state index in [-0.39, 0.29) is 7.33 Å². The molecular formula is C9H20N2O. The van der Waals surface area contributed by atoms with Gasteiger partial charge < -0.3 is 10.2 Å². The number of hydrogen-bond acceptors (Lipinski definition) is 2. The molecule has 0 atom stereocenters. The lowest BCUT2D eigenvalue weighted by molar-refractivity contribution is -0.119. The van der Waals surface area contributed by atoms with Crippen LogP contribution in [0.3, 0.4) is 0 Å². The first-order valence-corrected chi connectivity index (χ1v) is 4.76. The Labute approximate surface area is 75.6 Å². The maximum absolute atomic E-state index is 10.6. The highest BCUT2D eigenvalue weighted by Gasteiger charge is 2.08. The second kappa shape index (κ2) is 5.14. The van der Waals surface area contributed by atoms with E-state index in [4.69, 9.17) is 0 Å². The van der Waals surface area contributed by atoms with Crippen LogP contribution in [0.15, 0.2) is 0 Å². The molecule has 1 heterocycles. The Balaban J connectivity index is 0.00000144. The zero-order valence-corrected chi connectivity index (χ0v) is 7.81. The molecule has 0 unspecified atom stereocenters. The first-order valence-electron chi connectivity index (χ1n) is 4.76. The predicted molar refractivity (Wildman–Crippen MR) is 51.1 cm³/mol. The molecule has 3 heteroatoms. The molecule has 3 nitrogen and oxygen atoms in total. The predicted octanol–water partition coefficient (Wildman–Crippen LogP) is 0.854. The molecule has 1 fully saturated rings. The fraction of sp³-hybridized carbons (Fsp3) is 0.889. The van der Waals surface area contributed by atoms with Crippen LogP contribution in [0.25, 0.3) is 0 Å². The van der Waals surface area contributed by atoms with Crippen molar-refractivity contribution in [3.8, 4) is 0 Å². The number of likely N-dealkylation sites (tertiary alicyclic amines) is 1. The molecule has 0 aromatic rings. The van der Waals surface area contributed by atoms with E-state index in [1.54, 1.807) is 6.92 Å². The zero-order valence-electron chi connectivity index (χ0n) is 7.81. The van der Waals surface area contributed by atoms with Crippen LogP contribution >= 0.6 is 0 Å². The number of hydrogen-bond donors (Lipinski definition) is 1. The van der Waals surface area contributed by atoms with Gasteiger partial charge in [0, 0.05) is 21.4 Å². The molecule has 0 radical (unpaired) electrons. The van der Waals surface area contributed by atoms with Crippen LogP contribution in [0.1, 0.15) is 27.6 Å². The van der Waals surface area contributed by atoms with Crippen molar-refractivity contribution < 1.29 is 6.22 Å². The monoisotopic (exact) mass is 172 g/mol. The van der Waals surface area contributed by atoms with Gasteiger partial charge in [0.2, 0.25) is 5.91 Å². The minimum Gasteiger partial charge on any atom is -0.355 e. The molecule has 1 saturated heterocycles. The average Bonchev–Trinajstić information content (AvgIpc) is 2.05. The van der Waals surface area contributed by atoms with Crippen molar-refractivity contribution in [2.45, 2.75) is 26.2 Å². The third-order valence-corrected chi connectivity index (χ3v) is 2.25. The summed E-state index contributed by atoms with van der Waals surface area (Å²) in [5.74, 6) is 0.0759. The molecule has 0 aliphatic carbocycles. The van der Waals surface area contributed by atoms with Gasteiger partial charge in [-0.2, -0.15) is 0 Å². The standard InChI is InChI=1S/C9H18N2O.H2/c1-9(12)10-5-8-11-6-3-2-4-7-11;/h2-8H2,1H3,(H,10,12);1H. The number of carbonyl (C=O) groups is 1. The molecule has 1 aliphatic rings. The third-order valence-electron chi connectivity index (χ3n) is 2.25. The average molecular weight is 172 g/mol. The number of rotatable bonds is 3. The van der Waals surface area contributed by atoms with E-state index >= 15 is 0 Å². The fourth-order valence-electron chi connectivity index (χ4n) is 1.57. The van der Waals surface area contributed by atoms with Gasteiger partial charge in [-0.3, -0.25) is 4.79 Å². The highest BCUT2D eigenvalue weighted by molar-refractivity contribution is 5.72. The number of nitrogens with one attached hydrogen (secondary N) is 1. The second-order valence-electron chi connectivity index (χ2n) is 3.39. The molecular weight excluding hydrogens is 152 g/mol. The molecule has 0 bridgehead atoms. The molecule has 0 spiro atoms. The summed E-state index contributed by atoms with van der Waals surface area (Å²) in [6.07, 6.45) is 4.01. The van der Waals surface area contributed by atoms with Crippen LogP contribution in [0.2, 0.25) is 0 Å². The number of piperidine rings is 1. The Morgan fingerprint density at radius 1 is 1.42 bits per heavy atom. The lowest BCUT2D eigenvalue weighted by atomic mass is 10.1. The summed E-state index contributed by atoms with van der Waals surface area (Å²) in [4.78, 5) is 13.0. The third kappa shape index (κ3) is 3.72. The van der Waals surface area contributed by atoms with Crippen LogP contribution in [0.4, 0.5) is 0 Å². The van der Waals surface area contributed by atoms with E-state index in [2.05, 4.69) is 10.2 Å². The number of carbonyl (C=O) groups excluding carboxylic acids is 1. The van der Waals surface area contributed by atoms with Crippen LogP contribution in [-0.2, 0) is 4.79 Å². The smallest absolute Gasteiger partial charge is 0.216 e. The van der Waals surface area contributed by atoms with E-state index in [9.17, 15) is 4.79 Å². The van der Waals surface area contributed by atoms with E-state index in [0.717, 1.165) is 13.1 Å². The maximum atomic E-state index is 10.6. The van der Waals surface area contributed by atoms with Crippen molar-refractivity contribution in [3.05, 3.63) is 0 Å². The summed E-state index contributed by atoms with van der Waals surface area (Å²) < 4.78 is 0. The Morgan fingerprint density at radius 3 is 2.67 bits per heavy atom. The highest BCUT2D eigenvalue weighted by atomic mass is 16.1. The molecule has 1 rings (SSSR count). The summed E-state index contributed by atoms with van der Waals surface area (Å²) in [5, 5.41) is 2.81. The minimum absolute atomic E-state index is 0. The van der Waals surface area contributed by atoms with Crippen LogP contribution in [0, 0.1) is 0 Å². The maximum Gasteiger partial charge on any atom is 0.216 e. The fourth-order valence-corrected chi connectivity index (χ4v) is 1.57. The van der Waals surface area contributed by atoms with Crippen molar-refractivity contribution in [1.29, 1.82) is 0 Å². The number of nitrogens with zero attached hydrogens (tertiary/aromatic N) is 1. The van der Waals surface area contributed by atoms with Crippen LogP contribution in [-0.4, -0.2) is 37.0 Å². The SMILES string of the molecule is CC(=O)NCCN1CCCCC1.[HH]. The van der Waals surface area contributed by atoms with Gasteiger partial charge in [-0.05, 0) is 25.9 Å². The van der Waals surface area contributed by atoms with Gasteiger partial charge in [0.25, 0.3) is 0 Å². The lowest BCUT2D eigenvalue weighted by Crippen LogP contribution is -2.36. The second-order valence-corrected chi connectivity index (χ2v) is 3.39. The van der Waals surface area contributed by atoms with Crippen LogP contribution < -0.4 is 5.32 Å². The summed E-state index contributed by atoms with van der Waals surface area (Å²) in [7, 11) is 0. The van der Waals surface area contributed by atoms with Gasteiger partial charge in [-0.15, -0.1) is 0 Å². The molecule has 0 aromatic heterocycles. The van der Waals surface area contributed by atoms with Crippen molar-refractivity contribution in [2.75, 3.05) is 26.2 Å². The molecule has 1 N–H and O–H groups in total. The summed E-state index contributed by atoms with van der Waals surface area (Å²) in [6, 6.07) is 0. The highest BCUT2D eigenvalue weighted by Crippen LogP contribution is 2.06. The van der Waals surface area contributed by atoms with Crippen LogP contribution in [0.5, 0.6) is 0 Å². The van der Waals surface area contributed by atoms with E-state index in [1.165, 1.54) is 32.4 Å². The van der Waals surface area contributed by atoms with Gasteiger partial charge in [-0.1, -0.05) is 6.42 Å². The molecule has 72 valence electrons. The first-order chi connectivity index (χ1) is 5.79. The van der Waals surface area contributed by atoms with Gasteiger partial charge in [0.05, 0.1) is 0 Å². The minimum atomic E-state index is 0. The Kier molecular flexibility index (Phi) is 4.08. The molecule has 0 aromatic carbocycles. The van der Waals surface area contributed by atoms with E-state index in [1.807, 2.05) is 0 Å². The van der Waals surface area contributed by atoms with Crippen molar-refractivity contribution in [3.63, 3.8) is 0 Å². The Bertz CT molecular complexity index is 147. The van der Waals surface area contributed by atoms with Gasteiger partial charge in [0.1, 0.15) is 0 Å². The Hall–Kier alpha value is -0.570. The summed E-state index contributed by atoms with van der Waals surface area (Å²) in [6.45, 7) is 5.80. The van der Waals surface area contributed by atoms with Crippen molar-refractivity contribution in [2.24, 2.45) is 0 Å². The normalized spacial score (nSPS) is 19.1. The van der Waals surface area contributed by atoms with Crippen molar-refractivity contribution in [1.82, 2.24) is 10.2 Å². The molecule has 12 heavy (non-hydrogen) atoms. The molecule has 1 amide bonds. The molecule has 1 aliphatic heterocycles.